The van der Waals surface area contributed by atoms with Crippen LogP contribution in [0.2, 0.25) is 5.02 Å². The first-order valence-corrected chi connectivity index (χ1v) is 13.0. The molecular formula is C30H19ClFN3O2S. The molecule has 0 radical (unpaired) electrons. The zero-order chi connectivity index (χ0) is 26.1. The maximum Gasteiger partial charge on any atom is 0.258 e. The zero-order valence-electron chi connectivity index (χ0n) is 19.8. The van der Waals surface area contributed by atoms with Crippen molar-refractivity contribution in [2.45, 2.75) is 6.42 Å². The summed E-state index contributed by atoms with van der Waals surface area (Å²) >= 11 is 7.72. The highest BCUT2D eigenvalue weighted by Gasteiger charge is 2.18. The van der Waals surface area contributed by atoms with Crippen LogP contribution in [-0.2, 0) is 6.42 Å². The third-order valence-corrected chi connectivity index (χ3v) is 7.27. The summed E-state index contributed by atoms with van der Waals surface area (Å²) in [6.45, 7) is 0. The predicted molar refractivity (Wildman–Crippen MR) is 149 cm³/mol. The van der Waals surface area contributed by atoms with Crippen LogP contribution in [0.3, 0.4) is 0 Å². The van der Waals surface area contributed by atoms with Gasteiger partial charge in [0.1, 0.15) is 17.3 Å². The van der Waals surface area contributed by atoms with Gasteiger partial charge in [0, 0.05) is 28.4 Å². The van der Waals surface area contributed by atoms with E-state index in [0.717, 1.165) is 21.4 Å². The SMILES string of the molecule is O=C(Nc1ncc(Cc2ccc(F)cc2)s1)c1cc(-c2ccc(-c3ccccc3Cl)o2)nc2ccccc12. The van der Waals surface area contributed by atoms with Gasteiger partial charge < -0.3 is 4.42 Å². The number of pyridine rings is 1. The highest BCUT2D eigenvalue weighted by molar-refractivity contribution is 7.15. The van der Waals surface area contributed by atoms with Gasteiger partial charge in [-0.15, -0.1) is 11.3 Å². The molecular weight excluding hydrogens is 521 g/mol. The number of carbonyl (C=O) groups excluding carboxylic acids is 1. The summed E-state index contributed by atoms with van der Waals surface area (Å²) in [4.78, 5) is 23.5. The minimum Gasteiger partial charge on any atom is -0.454 e. The van der Waals surface area contributed by atoms with Gasteiger partial charge in [-0.05, 0) is 54.1 Å². The summed E-state index contributed by atoms with van der Waals surface area (Å²) in [5.41, 5.74) is 3.40. The molecule has 3 heterocycles. The van der Waals surface area contributed by atoms with Crippen molar-refractivity contribution in [1.82, 2.24) is 9.97 Å². The van der Waals surface area contributed by atoms with Crippen LogP contribution in [0, 0.1) is 5.82 Å². The average molecular weight is 540 g/mol. The van der Waals surface area contributed by atoms with Crippen LogP contribution in [0.25, 0.3) is 33.7 Å². The van der Waals surface area contributed by atoms with Gasteiger partial charge >= 0.3 is 0 Å². The van der Waals surface area contributed by atoms with E-state index < -0.39 is 0 Å². The lowest BCUT2D eigenvalue weighted by Crippen LogP contribution is -2.12. The van der Waals surface area contributed by atoms with E-state index in [4.69, 9.17) is 21.0 Å². The maximum atomic E-state index is 13.4. The lowest BCUT2D eigenvalue weighted by Gasteiger charge is -2.08. The number of carbonyl (C=O) groups is 1. The van der Waals surface area contributed by atoms with Crippen molar-refractivity contribution >= 4 is 44.9 Å². The average Bonchev–Trinajstić information content (AvgIpc) is 3.59. The summed E-state index contributed by atoms with van der Waals surface area (Å²) < 4.78 is 19.3. The van der Waals surface area contributed by atoms with Crippen molar-refractivity contribution in [3.8, 4) is 22.8 Å². The minimum absolute atomic E-state index is 0.274. The number of nitrogens with one attached hydrogen (secondary N) is 1. The Balaban J connectivity index is 1.29. The zero-order valence-corrected chi connectivity index (χ0v) is 21.4. The second-order valence-corrected chi connectivity index (χ2v) is 10.1. The van der Waals surface area contributed by atoms with Gasteiger partial charge in [-0.1, -0.05) is 54.1 Å². The van der Waals surface area contributed by atoms with Gasteiger partial charge in [0.2, 0.25) is 0 Å². The van der Waals surface area contributed by atoms with Crippen LogP contribution in [0.15, 0.2) is 102 Å². The second kappa shape index (κ2) is 10.2. The molecule has 38 heavy (non-hydrogen) atoms. The summed E-state index contributed by atoms with van der Waals surface area (Å²) in [5, 5.41) is 4.70. The van der Waals surface area contributed by atoms with Gasteiger partial charge in [0.05, 0.1) is 16.1 Å². The fraction of sp³-hybridized carbons (Fsp3) is 0.0333. The molecule has 0 aliphatic heterocycles. The van der Waals surface area contributed by atoms with Crippen LogP contribution >= 0.6 is 22.9 Å². The molecule has 0 unspecified atom stereocenters. The van der Waals surface area contributed by atoms with Crippen LogP contribution in [0.1, 0.15) is 20.8 Å². The van der Waals surface area contributed by atoms with Gasteiger partial charge in [0.25, 0.3) is 5.91 Å². The Labute approximate surface area is 226 Å². The number of rotatable bonds is 6. The number of furan rings is 1. The van der Waals surface area contributed by atoms with Crippen molar-refractivity contribution < 1.29 is 13.6 Å². The Morgan fingerprint density at radius 1 is 0.947 bits per heavy atom. The molecule has 0 bridgehead atoms. The normalized spacial score (nSPS) is 11.1. The van der Waals surface area contributed by atoms with E-state index >= 15 is 0 Å². The molecule has 3 aromatic carbocycles. The lowest BCUT2D eigenvalue weighted by atomic mass is 10.1. The Bertz CT molecular complexity index is 1780. The van der Waals surface area contributed by atoms with E-state index in [9.17, 15) is 9.18 Å². The molecule has 3 aromatic heterocycles. The third kappa shape index (κ3) is 4.94. The Morgan fingerprint density at radius 3 is 2.55 bits per heavy atom. The number of aromatic nitrogens is 2. The summed E-state index contributed by atoms with van der Waals surface area (Å²) in [6, 6.07) is 26.6. The highest BCUT2D eigenvalue weighted by Crippen LogP contribution is 2.33. The van der Waals surface area contributed by atoms with E-state index in [2.05, 4.69) is 10.3 Å². The minimum atomic E-state index is -0.301. The molecule has 8 heteroatoms. The summed E-state index contributed by atoms with van der Waals surface area (Å²) in [5.74, 6) is 0.564. The molecule has 0 atom stereocenters. The van der Waals surface area contributed by atoms with Crippen LogP contribution in [0.5, 0.6) is 0 Å². The second-order valence-electron chi connectivity index (χ2n) is 8.61. The summed E-state index contributed by atoms with van der Waals surface area (Å²) in [6.07, 6.45) is 2.32. The molecule has 1 amide bonds. The molecule has 0 saturated heterocycles. The number of hydrogen-bond donors (Lipinski definition) is 1. The van der Waals surface area contributed by atoms with Crippen molar-refractivity contribution in [2.75, 3.05) is 5.32 Å². The first-order valence-electron chi connectivity index (χ1n) is 11.8. The molecule has 5 nitrogen and oxygen atoms in total. The van der Waals surface area contributed by atoms with E-state index in [1.165, 1.54) is 23.5 Å². The first kappa shape index (κ1) is 24.0. The third-order valence-electron chi connectivity index (χ3n) is 6.02. The maximum absolute atomic E-state index is 13.4. The topological polar surface area (TPSA) is 68.0 Å². The van der Waals surface area contributed by atoms with Crippen molar-refractivity contribution in [3.63, 3.8) is 0 Å². The monoisotopic (exact) mass is 539 g/mol. The molecule has 186 valence electrons. The van der Waals surface area contributed by atoms with Crippen LogP contribution < -0.4 is 5.32 Å². The van der Waals surface area contributed by atoms with Crippen LogP contribution in [-0.4, -0.2) is 15.9 Å². The van der Waals surface area contributed by atoms with Gasteiger partial charge in [-0.3, -0.25) is 10.1 Å². The van der Waals surface area contributed by atoms with E-state index in [0.29, 0.717) is 44.9 Å². The van der Waals surface area contributed by atoms with Crippen molar-refractivity contribution in [3.05, 3.63) is 124 Å². The number of amides is 1. The number of para-hydroxylation sites is 1. The molecule has 0 aliphatic rings. The van der Waals surface area contributed by atoms with E-state index in [1.807, 2.05) is 54.6 Å². The number of benzene rings is 3. The standard InChI is InChI=1S/C30H19ClFN3O2S/c31-24-7-3-1-6-22(24)27-13-14-28(37-27)26-16-23(21-5-2-4-8-25(21)34-26)29(36)35-30-33-17-20(38-30)15-18-9-11-19(32)12-10-18/h1-14,16-17H,15H2,(H,33,35,36). The molecule has 0 saturated carbocycles. The van der Waals surface area contributed by atoms with Crippen LogP contribution in [0.4, 0.5) is 9.52 Å². The van der Waals surface area contributed by atoms with Gasteiger partial charge in [-0.25, -0.2) is 14.4 Å². The number of anilines is 1. The molecule has 0 aliphatic carbocycles. The molecule has 0 fully saturated rings. The fourth-order valence-corrected chi connectivity index (χ4v) is 5.26. The molecule has 1 N–H and O–H groups in total. The lowest BCUT2D eigenvalue weighted by molar-refractivity contribution is 0.102. The van der Waals surface area contributed by atoms with Gasteiger partial charge in [0.15, 0.2) is 10.9 Å². The molecule has 6 rings (SSSR count). The Kier molecular flexibility index (Phi) is 6.45. The quantitative estimate of drug-likeness (QED) is 0.231. The Morgan fingerprint density at radius 2 is 1.71 bits per heavy atom. The number of nitrogens with zero attached hydrogens (tertiary/aromatic N) is 2. The number of fused-ring (bicyclic) bond motifs is 1. The van der Waals surface area contributed by atoms with Crippen molar-refractivity contribution in [1.29, 1.82) is 0 Å². The predicted octanol–water partition coefficient (Wildman–Crippen LogP) is 8.25. The molecule has 0 spiro atoms. The van der Waals surface area contributed by atoms with E-state index in [-0.39, 0.29) is 11.7 Å². The smallest absolute Gasteiger partial charge is 0.258 e. The summed E-state index contributed by atoms with van der Waals surface area (Å²) in [7, 11) is 0. The Hall–Kier alpha value is -4.33. The van der Waals surface area contributed by atoms with Crippen molar-refractivity contribution in [2.24, 2.45) is 0 Å². The fourth-order valence-electron chi connectivity index (χ4n) is 4.19. The highest BCUT2D eigenvalue weighted by atomic mass is 35.5. The van der Waals surface area contributed by atoms with Gasteiger partial charge in [-0.2, -0.15) is 0 Å². The molecule has 6 aromatic rings. The number of hydrogen-bond acceptors (Lipinski definition) is 5. The largest absolute Gasteiger partial charge is 0.454 e. The first-order chi connectivity index (χ1) is 18.5. The van der Waals surface area contributed by atoms with E-state index in [1.54, 1.807) is 30.5 Å². The number of halogens is 2. The number of thiazole rings is 1.